The maximum Gasteiger partial charge on any atom is 0.405 e. The molecule has 5 heteroatoms. The number of rotatable bonds is 6. The largest absolute Gasteiger partial charge is 0.491 e. The molecule has 0 aliphatic carbocycles. The van der Waals surface area contributed by atoms with Gasteiger partial charge < -0.3 is 15.2 Å². The van der Waals surface area contributed by atoms with Crippen molar-refractivity contribution in [1.29, 1.82) is 0 Å². The lowest BCUT2D eigenvalue weighted by Crippen LogP contribution is -2.39. The van der Waals surface area contributed by atoms with Gasteiger partial charge in [-0.25, -0.2) is 4.79 Å². The van der Waals surface area contributed by atoms with Crippen molar-refractivity contribution in [3.63, 3.8) is 0 Å². The average Bonchev–Trinajstić information content (AvgIpc) is 2.45. The summed E-state index contributed by atoms with van der Waals surface area (Å²) < 4.78 is 6.59. The molecule has 0 fully saturated rings. The molecule has 0 saturated heterocycles. The number of nitrogens with one attached hydrogen (secondary N) is 1. The molecule has 0 saturated carbocycles. The smallest absolute Gasteiger partial charge is 0.405 e. The second-order valence-corrected chi connectivity index (χ2v) is 5.52. The van der Waals surface area contributed by atoms with Crippen molar-refractivity contribution in [2.75, 3.05) is 6.61 Å². The number of amides is 1. The van der Waals surface area contributed by atoms with Crippen molar-refractivity contribution >= 4 is 22.0 Å². The highest BCUT2D eigenvalue weighted by molar-refractivity contribution is 9.10. The molecular weight excluding hydrogens is 334 g/mol. The van der Waals surface area contributed by atoms with Crippen molar-refractivity contribution in [3.8, 4) is 5.75 Å². The van der Waals surface area contributed by atoms with Gasteiger partial charge in [0, 0.05) is 4.47 Å². The minimum atomic E-state index is -1.05. The fourth-order valence-corrected chi connectivity index (χ4v) is 2.36. The molecule has 0 spiro atoms. The van der Waals surface area contributed by atoms with Crippen LogP contribution in [0.15, 0.2) is 59.1 Å². The highest BCUT2D eigenvalue weighted by Crippen LogP contribution is 2.18. The number of hydrogen-bond acceptors (Lipinski definition) is 2. The first-order valence-electron chi connectivity index (χ1n) is 6.55. The minimum absolute atomic E-state index is 0.275. The van der Waals surface area contributed by atoms with Gasteiger partial charge in [0.25, 0.3) is 0 Å². The van der Waals surface area contributed by atoms with Crippen molar-refractivity contribution in [2.45, 2.75) is 12.5 Å². The maximum absolute atomic E-state index is 10.9. The third kappa shape index (κ3) is 5.47. The Morgan fingerprint density at radius 3 is 2.62 bits per heavy atom. The molecule has 0 radical (unpaired) electrons. The Morgan fingerprint density at radius 2 is 1.95 bits per heavy atom. The summed E-state index contributed by atoms with van der Waals surface area (Å²) in [5.41, 5.74) is 1.06. The maximum atomic E-state index is 10.9. The molecule has 1 unspecified atom stereocenters. The van der Waals surface area contributed by atoms with Crippen molar-refractivity contribution in [3.05, 3.63) is 64.6 Å². The lowest BCUT2D eigenvalue weighted by Gasteiger charge is -2.18. The van der Waals surface area contributed by atoms with E-state index in [0.29, 0.717) is 12.2 Å². The molecule has 1 atom stereocenters. The summed E-state index contributed by atoms with van der Waals surface area (Å²) in [5.74, 6) is 0.703. The second-order valence-electron chi connectivity index (χ2n) is 4.60. The van der Waals surface area contributed by atoms with Crippen LogP contribution in [0.5, 0.6) is 5.75 Å². The minimum Gasteiger partial charge on any atom is -0.491 e. The Kier molecular flexibility index (Phi) is 5.63. The van der Waals surface area contributed by atoms with Crippen LogP contribution in [0.25, 0.3) is 0 Å². The SMILES string of the molecule is O=C(O)NC(COc1cccc(Br)c1)Cc1ccccc1. The number of ether oxygens (including phenoxy) is 1. The van der Waals surface area contributed by atoms with Crippen molar-refractivity contribution < 1.29 is 14.6 Å². The number of carbonyl (C=O) groups is 1. The van der Waals surface area contributed by atoms with Crippen LogP contribution in [0.4, 0.5) is 4.79 Å². The van der Waals surface area contributed by atoms with E-state index in [0.717, 1.165) is 10.0 Å². The molecule has 21 heavy (non-hydrogen) atoms. The van der Waals surface area contributed by atoms with Gasteiger partial charge in [0.05, 0.1) is 6.04 Å². The number of halogens is 1. The van der Waals surface area contributed by atoms with Gasteiger partial charge >= 0.3 is 6.09 Å². The Bertz CT molecular complexity index is 589. The van der Waals surface area contributed by atoms with E-state index in [1.165, 1.54) is 0 Å². The molecule has 1 amide bonds. The first-order valence-corrected chi connectivity index (χ1v) is 7.34. The van der Waals surface area contributed by atoms with Crippen molar-refractivity contribution in [2.24, 2.45) is 0 Å². The second kappa shape index (κ2) is 7.69. The zero-order valence-electron chi connectivity index (χ0n) is 11.3. The van der Waals surface area contributed by atoms with Gasteiger partial charge in [-0.2, -0.15) is 0 Å². The fraction of sp³-hybridized carbons (Fsp3) is 0.188. The predicted octanol–water partition coefficient (Wildman–Crippen LogP) is 3.71. The molecule has 2 rings (SSSR count). The first-order chi connectivity index (χ1) is 10.1. The molecule has 0 heterocycles. The van der Waals surface area contributed by atoms with Crippen LogP contribution >= 0.6 is 15.9 Å². The normalized spacial score (nSPS) is 11.7. The van der Waals surface area contributed by atoms with E-state index in [4.69, 9.17) is 9.84 Å². The Balaban J connectivity index is 1.97. The zero-order valence-corrected chi connectivity index (χ0v) is 12.9. The standard InChI is InChI=1S/C16H16BrNO3/c17-13-7-4-8-15(10-13)21-11-14(18-16(19)20)9-12-5-2-1-3-6-12/h1-8,10,14,18H,9,11H2,(H,19,20). The van der Waals surface area contributed by atoms with Crippen LogP contribution in [0.1, 0.15) is 5.56 Å². The molecule has 0 bridgehead atoms. The molecular formula is C16H16BrNO3. The zero-order chi connectivity index (χ0) is 15.1. The predicted molar refractivity (Wildman–Crippen MR) is 84.7 cm³/mol. The molecule has 110 valence electrons. The van der Waals surface area contributed by atoms with E-state index in [1.54, 1.807) is 0 Å². The van der Waals surface area contributed by atoms with E-state index < -0.39 is 6.09 Å². The van der Waals surface area contributed by atoms with Gasteiger partial charge in [0.15, 0.2) is 0 Å². The molecule has 4 nitrogen and oxygen atoms in total. The highest BCUT2D eigenvalue weighted by atomic mass is 79.9. The van der Waals surface area contributed by atoms with E-state index in [-0.39, 0.29) is 12.6 Å². The van der Waals surface area contributed by atoms with Gasteiger partial charge in [-0.15, -0.1) is 0 Å². The van der Waals surface area contributed by atoms with Crippen LogP contribution in [0.2, 0.25) is 0 Å². The lowest BCUT2D eigenvalue weighted by molar-refractivity contribution is 0.181. The van der Waals surface area contributed by atoms with Crippen LogP contribution in [0.3, 0.4) is 0 Å². The van der Waals surface area contributed by atoms with Gasteiger partial charge in [-0.1, -0.05) is 52.3 Å². The monoisotopic (exact) mass is 349 g/mol. The van der Waals surface area contributed by atoms with E-state index in [2.05, 4.69) is 21.2 Å². The van der Waals surface area contributed by atoms with Crippen LogP contribution < -0.4 is 10.1 Å². The Hall–Kier alpha value is -2.01. The molecule has 0 aliphatic heterocycles. The first kappa shape index (κ1) is 15.4. The van der Waals surface area contributed by atoms with E-state index in [1.807, 2.05) is 54.6 Å². The number of benzene rings is 2. The topological polar surface area (TPSA) is 58.6 Å². The van der Waals surface area contributed by atoms with Crippen LogP contribution in [-0.4, -0.2) is 23.8 Å². The Labute approximate surface area is 131 Å². The summed E-state index contributed by atoms with van der Waals surface area (Å²) in [7, 11) is 0. The summed E-state index contributed by atoms with van der Waals surface area (Å²) in [6, 6.07) is 16.9. The van der Waals surface area contributed by atoms with Gasteiger partial charge in [0.1, 0.15) is 12.4 Å². The summed E-state index contributed by atoms with van der Waals surface area (Å²) >= 11 is 3.37. The molecule has 2 aromatic carbocycles. The van der Waals surface area contributed by atoms with Crippen LogP contribution in [-0.2, 0) is 6.42 Å². The number of carboxylic acid groups (broad SMARTS) is 1. The van der Waals surface area contributed by atoms with Gasteiger partial charge in [-0.3, -0.25) is 0 Å². The third-order valence-corrected chi connectivity index (χ3v) is 3.39. The quantitative estimate of drug-likeness (QED) is 0.835. The summed E-state index contributed by atoms with van der Waals surface area (Å²) in [4.78, 5) is 10.9. The summed E-state index contributed by atoms with van der Waals surface area (Å²) in [6.07, 6.45) is -0.463. The van der Waals surface area contributed by atoms with Gasteiger partial charge in [-0.05, 0) is 30.2 Å². The van der Waals surface area contributed by atoms with E-state index >= 15 is 0 Å². The lowest BCUT2D eigenvalue weighted by atomic mass is 10.1. The summed E-state index contributed by atoms with van der Waals surface area (Å²) in [5, 5.41) is 11.4. The van der Waals surface area contributed by atoms with Gasteiger partial charge in [0.2, 0.25) is 0 Å². The molecule has 2 N–H and O–H groups in total. The van der Waals surface area contributed by atoms with E-state index in [9.17, 15) is 4.79 Å². The number of hydrogen-bond donors (Lipinski definition) is 2. The van der Waals surface area contributed by atoms with Crippen LogP contribution in [0, 0.1) is 0 Å². The Morgan fingerprint density at radius 1 is 1.19 bits per heavy atom. The molecule has 0 aromatic heterocycles. The molecule has 0 aliphatic rings. The average molecular weight is 350 g/mol. The van der Waals surface area contributed by atoms with Crippen molar-refractivity contribution in [1.82, 2.24) is 5.32 Å². The fourth-order valence-electron chi connectivity index (χ4n) is 1.98. The summed E-state index contributed by atoms with van der Waals surface area (Å²) in [6.45, 7) is 0.275. The highest BCUT2D eigenvalue weighted by Gasteiger charge is 2.13. The third-order valence-electron chi connectivity index (χ3n) is 2.90. The molecule has 2 aromatic rings.